The molecule has 0 aliphatic rings. The monoisotopic (exact) mass is 352 g/mol. The molecule has 5 heteroatoms. The van der Waals surface area contributed by atoms with Gasteiger partial charge in [-0.15, -0.1) is 0 Å². The van der Waals surface area contributed by atoms with Crippen LogP contribution in [0.5, 0.6) is 5.75 Å². The number of nitrogens with one attached hydrogen (secondary N) is 1. The number of ether oxygens (including phenoxy) is 1. The largest absolute Gasteiger partial charge is 0.489 e. The summed E-state index contributed by atoms with van der Waals surface area (Å²) in [7, 11) is 0. The Balaban J connectivity index is 2.00. The van der Waals surface area contributed by atoms with E-state index in [2.05, 4.69) is 5.32 Å². The Morgan fingerprint density at radius 3 is 2.46 bits per heavy atom. The van der Waals surface area contributed by atoms with Crippen LogP contribution in [0.1, 0.15) is 31.4 Å². The molecular formula is C21H21FN2O2. The van der Waals surface area contributed by atoms with E-state index < -0.39 is 0 Å². The molecule has 0 saturated carbocycles. The van der Waals surface area contributed by atoms with Crippen molar-refractivity contribution in [2.24, 2.45) is 0 Å². The van der Waals surface area contributed by atoms with Gasteiger partial charge in [-0.25, -0.2) is 4.39 Å². The maximum absolute atomic E-state index is 12.9. The van der Waals surface area contributed by atoms with Gasteiger partial charge in [0, 0.05) is 6.04 Å². The van der Waals surface area contributed by atoms with Crippen molar-refractivity contribution >= 4 is 12.0 Å². The summed E-state index contributed by atoms with van der Waals surface area (Å²) in [6, 6.07) is 15.1. The first kappa shape index (κ1) is 19.2. The fourth-order valence-electron chi connectivity index (χ4n) is 2.13. The second kappa shape index (κ2) is 9.38. The fourth-order valence-corrected chi connectivity index (χ4v) is 2.13. The van der Waals surface area contributed by atoms with Crippen molar-refractivity contribution in [3.05, 3.63) is 71.0 Å². The number of carbonyl (C=O) groups excluding carboxylic acids is 1. The fraction of sp³-hybridized carbons (Fsp3) is 0.238. The number of hydrogen-bond acceptors (Lipinski definition) is 3. The Kier molecular flexibility index (Phi) is 6.92. The number of halogens is 1. The molecule has 4 nitrogen and oxygen atoms in total. The molecule has 0 fully saturated rings. The highest BCUT2D eigenvalue weighted by molar-refractivity contribution is 6.01. The average Bonchev–Trinajstić information content (AvgIpc) is 2.66. The predicted octanol–water partition coefficient (Wildman–Crippen LogP) is 4.23. The minimum absolute atomic E-state index is 0.0153. The van der Waals surface area contributed by atoms with Gasteiger partial charge in [0.25, 0.3) is 5.91 Å². The molecule has 0 heterocycles. The van der Waals surface area contributed by atoms with E-state index in [9.17, 15) is 14.4 Å². The third kappa shape index (κ3) is 5.75. The third-order valence-electron chi connectivity index (χ3n) is 3.86. The second-order valence-electron chi connectivity index (χ2n) is 5.94. The van der Waals surface area contributed by atoms with E-state index in [4.69, 9.17) is 4.74 Å². The number of nitrogens with zero attached hydrogens (tertiary/aromatic N) is 1. The molecule has 0 bridgehead atoms. The van der Waals surface area contributed by atoms with Crippen LogP contribution in [0.2, 0.25) is 0 Å². The lowest BCUT2D eigenvalue weighted by Gasteiger charge is -2.10. The van der Waals surface area contributed by atoms with Gasteiger partial charge in [-0.05, 0) is 54.8 Å². The van der Waals surface area contributed by atoms with Crippen molar-refractivity contribution in [2.45, 2.75) is 32.9 Å². The van der Waals surface area contributed by atoms with Crippen molar-refractivity contribution in [2.75, 3.05) is 0 Å². The molecule has 0 aliphatic heterocycles. The summed E-state index contributed by atoms with van der Waals surface area (Å²) in [5.41, 5.74) is 1.66. The minimum Gasteiger partial charge on any atom is -0.489 e. The molecule has 0 aliphatic carbocycles. The summed E-state index contributed by atoms with van der Waals surface area (Å²) < 4.78 is 18.5. The maximum Gasteiger partial charge on any atom is 0.262 e. The quantitative estimate of drug-likeness (QED) is 0.599. The van der Waals surface area contributed by atoms with Crippen LogP contribution < -0.4 is 10.1 Å². The van der Waals surface area contributed by atoms with E-state index in [1.165, 1.54) is 12.1 Å². The van der Waals surface area contributed by atoms with E-state index in [1.807, 2.05) is 19.9 Å². The maximum atomic E-state index is 12.9. The van der Waals surface area contributed by atoms with Crippen molar-refractivity contribution in [1.29, 1.82) is 5.26 Å². The van der Waals surface area contributed by atoms with Crippen LogP contribution >= 0.6 is 0 Å². The van der Waals surface area contributed by atoms with Crippen LogP contribution in [0.4, 0.5) is 4.39 Å². The van der Waals surface area contributed by atoms with Gasteiger partial charge in [-0.1, -0.05) is 31.2 Å². The van der Waals surface area contributed by atoms with Gasteiger partial charge in [0.1, 0.15) is 29.8 Å². The van der Waals surface area contributed by atoms with E-state index in [0.29, 0.717) is 12.4 Å². The zero-order chi connectivity index (χ0) is 18.9. The van der Waals surface area contributed by atoms with Gasteiger partial charge >= 0.3 is 0 Å². The Bertz CT molecular complexity index is 805. The molecule has 2 aromatic rings. The molecule has 1 amide bonds. The van der Waals surface area contributed by atoms with Crippen molar-refractivity contribution in [1.82, 2.24) is 5.32 Å². The molecule has 0 spiro atoms. The molecule has 0 radical (unpaired) electrons. The van der Waals surface area contributed by atoms with Gasteiger partial charge in [0.05, 0.1) is 0 Å². The zero-order valence-corrected chi connectivity index (χ0v) is 14.8. The average molecular weight is 352 g/mol. The lowest BCUT2D eigenvalue weighted by atomic mass is 10.1. The Hall–Kier alpha value is -3.13. The lowest BCUT2D eigenvalue weighted by Crippen LogP contribution is -2.32. The van der Waals surface area contributed by atoms with Crippen LogP contribution in [-0.4, -0.2) is 11.9 Å². The van der Waals surface area contributed by atoms with Crippen LogP contribution in [0.15, 0.2) is 54.1 Å². The number of amides is 1. The number of nitriles is 1. The second-order valence-corrected chi connectivity index (χ2v) is 5.94. The summed E-state index contributed by atoms with van der Waals surface area (Å²) >= 11 is 0. The minimum atomic E-state index is -0.376. The van der Waals surface area contributed by atoms with Gasteiger partial charge in [0.15, 0.2) is 0 Å². The highest BCUT2D eigenvalue weighted by atomic mass is 19.1. The highest BCUT2D eigenvalue weighted by Crippen LogP contribution is 2.16. The molecule has 0 saturated heterocycles. The summed E-state index contributed by atoms with van der Waals surface area (Å²) in [5, 5.41) is 12.0. The normalized spacial score (nSPS) is 12.2. The highest BCUT2D eigenvalue weighted by Gasteiger charge is 2.11. The first-order valence-corrected chi connectivity index (χ1v) is 8.41. The van der Waals surface area contributed by atoms with Crippen LogP contribution in [0, 0.1) is 17.1 Å². The molecule has 134 valence electrons. The third-order valence-corrected chi connectivity index (χ3v) is 3.86. The van der Waals surface area contributed by atoms with Crippen LogP contribution in [0.25, 0.3) is 6.08 Å². The standard InChI is InChI=1S/C21H21FN2O2/c1-3-15(2)24-21(25)18(13-23)12-16-6-10-20(11-7-16)26-14-17-4-8-19(22)9-5-17/h4-12,15H,3,14H2,1-2H3,(H,24,25)/b18-12+/t15-/m1/s1. The Labute approximate surface area is 152 Å². The lowest BCUT2D eigenvalue weighted by molar-refractivity contribution is -0.117. The van der Waals surface area contributed by atoms with E-state index in [1.54, 1.807) is 42.5 Å². The first-order chi connectivity index (χ1) is 12.5. The molecule has 1 N–H and O–H groups in total. The number of rotatable bonds is 7. The molecule has 2 rings (SSSR count). The smallest absolute Gasteiger partial charge is 0.262 e. The number of benzene rings is 2. The SMILES string of the molecule is CC[C@@H](C)NC(=O)/C(C#N)=C/c1ccc(OCc2ccc(F)cc2)cc1. The van der Waals surface area contributed by atoms with E-state index in [-0.39, 0.29) is 23.3 Å². The van der Waals surface area contributed by atoms with Crippen LogP contribution in [0.3, 0.4) is 0 Å². The Morgan fingerprint density at radius 1 is 1.23 bits per heavy atom. The molecule has 0 unspecified atom stereocenters. The predicted molar refractivity (Wildman–Crippen MR) is 98.7 cm³/mol. The van der Waals surface area contributed by atoms with Crippen molar-refractivity contribution in [3.8, 4) is 11.8 Å². The Morgan fingerprint density at radius 2 is 1.88 bits per heavy atom. The van der Waals surface area contributed by atoms with E-state index in [0.717, 1.165) is 17.5 Å². The van der Waals surface area contributed by atoms with Crippen LogP contribution in [-0.2, 0) is 11.4 Å². The summed E-state index contributed by atoms with van der Waals surface area (Å²) in [6.45, 7) is 4.18. The molecule has 0 aromatic heterocycles. The van der Waals surface area contributed by atoms with Crippen molar-refractivity contribution in [3.63, 3.8) is 0 Å². The first-order valence-electron chi connectivity index (χ1n) is 8.41. The van der Waals surface area contributed by atoms with Gasteiger partial charge < -0.3 is 10.1 Å². The zero-order valence-electron chi connectivity index (χ0n) is 14.8. The van der Waals surface area contributed by atoms with Gasteiger partial charge in [-0.3, -0.25) is 4.79 Å². The summed E-state index contributed by atoms with van der Waals surface area (Å²) in [6.07, 6.45) is 2.34. The summed E-state index contributed by atoms with van der Waals surface area (Å²) in [5.74, 6) is -0.0110. The van der Waals surface area contributed by atoms with Gasteiger partial charge in [-0.2, -0.15) is 5.26 Å². The van der Waals surface area contributed by atoms with Crippen molar-refractivity contribution < 1.29 is 13.9 Å². The number of hydrogen-bond donors (Lipinski definition) is 1. The van der Waals surface area contributed by atoms with E-state index >= 15 is 0 Å². The molecule has 2 aromatic carbocycles. The molecule has 1 atom stereocenters. The molecular weight excluding hydrogens is 331 g/mol. The molecule has 26 heavy (non-hydrogen) atoms. The number of carbonyl (C=O) groups is 1. The van der Waals surface area contributed by atoms with Gasteiger partial charge in [0.2, 0.25) is 0 Å². The summed E-state index contributed by atoms with van der Waals surface area (Å²) in [4.78, 5) is 12.0. The topological polar surface area (TPSA) is 62.1 Å².